The van der Waals surface area contributed by atoms with Gasteiger partial charge in [-0.1, -0.05) is 30.0 Å². The molecule has 0 amide bonds. The summed E-state index contributed by atoms with van der Waals surface area (Å²) in [5.74, 6) is 0.684. The van der Waals surface area contributed by atoms with E-state index in [2.05, 4.69) is 5.10 Å². The number of nitriles is 1. The second-order valence-corrected chi connectivity index (χ2v) is 6.73. The third-order valence-electron chi connectivity index (χ3n) is 4.02. The number of methoxy groups -OCH3 is 1. The van der Waals surface area contributed by atoms with Crippen LogP contribution in [-0.2, 0) is 0 Å². The van der Waals surface area contributed by atoms with Gasteiger partial charge in [0.25, 0.3) is 5.56 Å². The lowest BCUT2D eigenvalue weighted by atomic mass is 10.2. The average molecular weight is 363 g/mol. The zero-order valence-electron chi connectivity index (χ0n) is 14.7. The fourth-order valence-electron chi connectivity index (χ4n) is 2.49. The highest BCUT2D eigenvalue weighted by Gasteiger charge is 2.16. The first-order chi connectivity index (χ1) is 12.5. The lowest BCUT2D eigenvalue weighted by Crippen LogP contribution is -2.25. The summed E-state index contributed by atoms with van der Waals surface area (Å²) in [5, 5.41) is 14.6. The first kappa shape index (κ1) is 17.8. The number of nitrogens with zero attached hydrogens (tertiary/aromatic N) is 3. The van der Waals surface area contributed by atoms with Crippen LogP contribution in [0.1, 0.15) is 16.7 Å². The number of hydrogen-bond acceptors (Lipinski definition) is 5. The first-order valence-electron chi connectivity index (χ1n) is 7.97. The second-order valence-electron chi connectivity index (χ2n) is 5.70. The third-order valence-corrected chi connectivity index (χ3v) is 5.28. The molecule has 0 aliphatic heterocycles. The fraction of sp³-hybridized carbons (Fsp3) is 0.150. The Bertz CT molecular complexity index is 1050. The minimum Gasteiger partial charge on any atom is -0.497 e. The van der Waals surface area contributed by atoms with E-state index in [0.717, 1.165) is 10.5 Å². The minimum atomic E-state index is -0.427. The van der Waals surface area contributed by atoms with E-state index in [1.54, 1.807) is 38.3 Å². The van der Waals surface area contributed by atoms with E-state index < -0.39 is 5.56 Å². The Morgan fingerprint density at radius 2 is 1.81 bits per heavy atom. The van der Waals surface area contributed by atoms with E-state index in [0.29, 0.717) is 22.0 Å². The molecule has 0 spiro atoms. The highest BCUT2D eigenvalue weighted by atomic mass is 32.2. The van der Waals surface area contributed by atoms with Gasteiger partial charge in [0, 0.05) is 10.5 Å². The summed E-state index contributed by atoms with van der Waals surface area (Å²) in [7, 11) is 1.58. The molecule has 3 rings (SSSR count). The number of hydrogen-bond donors (Lipinski definition) is 0. The molecule has 5 nitrogen and oxygen atoms in total. The molecule has 0 saturated carbocycles. The summed E-state index contributed by atoms with van der Waals surface area (Å²) in [6, 6.07) is 17.0. The van der Waals surface area contributed by atoms with Crippen LogP contribution >= 0.6 is 11.8 Å². The van der Waals surface area contributed by atoms with Crippen LogP contribution in [0.3, 0.4) is 0 Å². The van der Waals surface area contributed by atoms with Gasteiger partial charge >= 0.3 is 0 Å². The SMILES string of the molecule is COc1ccc(-n2nc(Sc3ccccc3C)c(C)c(C#N)c2=O)cc1. The maximum atomic E-state index is 12.7. The van der Waals surface area contributed by atoms with Gasteiger partial charge in [0.05, 0.1) is 12.8 Å². The van der Waals surface area contributed by atoms with Crippen LogP contribution in [-0.4, -0.2) is 16.9 Å². The molecule has 0 radical (unpaired) electrons. The molecule has 0 saturated heterocycles. The summed E-state index contributed by atoms with van der Waals surface area (Å²) in [6.07, 6.45) is 0. The van der Waals surface area contributed by atoms with Crippen molar-refractivity contribution in [1.82, 2.24) is 9.78 Å². The van der Waals surface area contributed by atoms with Gasteiger partial charge in [-0.05, 0) is 49.7 Å². The van der Waals surface area contributed by atoms with Gasteiger partial charge in [-0.25, -0.2) is 0 Å². The van der Waals surface area contributed by atoms with E-state index in [4.69, 9.17) is 4.74 Å². The fourth-order valence-corrected chi connectivity index (χ4v) is 3.45. The quantitative estimate of drug-likeness (QED) is 0.704. The van der Waals surface area contributed by atoms with E-state index in [9.17, 15) is 10.1 Å². The molecule has 0 aliphatic carbocycles. The summed E-state index contributed by atoms with van der Waals surface area (Å²) in [5.41, 5.74) is 1.96. The lowest BCUT2D eigenvalue weighted by molar-refractivity contribution is 0.414. The van der Waals surface area contributed by atoms with Gasteiger partial charge in [0.1, 0.15) is 22.4 Å². The van der Waals surface area contributed by atoms with E-state index in [1.807, 2.05) is 37.3 Å². The van der Waals surface area contributed by atoms with Gasteiger partial charge < -0.3 is 4.74 Å². The van der Waals surface area contributed by atoms with Crippen molar-refractivity contribution >= 4 is 11.8 Å². The Morgan fingerprint density at radius 3 is 2.42 bits per heavy atom. The molecule has 0 aliphatic rings. The zero-order valence-corrected chi connectivity index (χ0v) is 15.5. The van der Waals surface area contributed by atoms with Gasteiger partial charge in [0.2, 0.25) is 0 Å². The Labute approximate surface area is 155 Å². The molecule has 1 aromatic heterocycles. The molecule has 0 unspecified atom stereocenters. The van der Waals surface area contributed by atoms with Crippen LogP contribution in [0.25, 0.3) is 5.69 Å². The summed E-state index contributed by atoms with van der Waals surface area (Å²) in [4.78, 5) is 13.7. The van der Waals surface area contributed by atoms with Crippen LogP contribution < -0.4 is 10.3 Å². The number of ether oxygens (including phenoxy) is 1. The molecular weight excluding hydrogens is 346 g/mol. The van der Waals surface area contributed by atoms with Gasteiger partial charge in [-0.3, -0.25) is 4.79 Å². The predicted molar refractivity (Wildman–Crippen MR) is 101 cm³/mol. The van der Waals surface area contributed by atoms with Crippen LogP contribution in [0.5, 0.6) is 5.75 Å². The topological polar surface area (TPSA) is 67.9 Å². The van der Waals surface area contributed by atoms with Gasteiger partial charge in [0.15, 0.2) is 0 Å². The van der Waals surface area contributed by atoms with Gasteiger partial charge in [-0.15, -0.1) is 0 Å². The van der Waals surface area contributed by atoms with Crippen molar-refractivity contribution in [3.63, 3.8) is 0 Å². The molecule has 1 heterocycles. The van der Waals surface area contributed by atoms with Crippen molar-refractivity contribution in [3.8, 4) is 17.5 Å². The molecule has 0 bridgehead atoms. The second kappa shape index (κ2) is 7.46. The van der Waals surface area contributed by atoms with Crippen LogP contribution in [0.15, 0.2) is 63.2 Å². The lowest BCUT2D eigenvalue weighted by Gasteiger charge is -2.12. The summed E-state index contributed by atoms with van der Waals surface area (Å²) >= 11 is 1.45. The van der Waals surface area contributed by atoms with Gasteiger partial charge in [-0.2, -0.15) is 15.0 Å². The Hall–Kier alpha value is -3.04. The Kier molecular flexibility index (Phi) is 5.10. The number of aromatic nitrogens is 2. The maximum absolute atomic E-state index is 12.7. The minimum absolute atomic E-state index is 0.104. The third kappa shape index (κ3) is 3.35. The van der Waals surface area contributed by atoms with E-state index >= 15 is 0 Å². The normalized spacial score (nSPS) is 10.4. The van der Waals surface area contributed by atoms with Crippen LogP contribution in [0.4, 0.5) is 0 Å². The van der Waals surface area contributed by atoms with Crippen molar-refractivity contribution < 1.29 is 4.74 Å². The molecule has 2 aromatic carbocycles. The van der Waals surface area contributed by atoms with E-state index in [1.165, 1.54) is 16.4 Å². The standard InChI is InChI=1S/C20H17N3O2S/c1-13-6-4-5-7-18(13)26-19-14(2)17(12-21)20(24)23(22-19)15-8-10-16(25-3)11-9-15/h4-11H,1-3H3. The average Bonchev–Trinajstić information content (AvgIpc) is 2.66. The number of benzene rings is 2. The largest absolute Gasteiger partial charge is 0.497 e. The van der Waals surface area contributed by atoms with Crippen LogP contribution in [0.2, 0.25) is 0 Å². The first-order valence-corrected chi connectivity index (χ1v) is 8.78. The Balaban J connectivity index is 2.15. The molecular formula is C20H17N3O2S. The molecule has 26 heavy (non-hydrogen) atoms. The molecule has 0 N–H and O–H groups in total. The molecule has 3 aromatic rings. The van der Waals surface area contributed by atoms with E-state index in [-0.39, 0.29) is 5.56 Å². The van der Waals surface area contributed by atoms with Crippen molar-refractivity contribution in [1.29, 1.82) is 5.26 Å². The summed E-state index contributed by atoms with van der Waals surface area (Å²) < 4.78 is 6.42. The number of aryl methyl sites for hydroxylation is 1. The predicted octanol–water partition coefficient (Wildman–Crippen LogP) is 3.88. The molecule has 0 atom stereocenters. The summed E-state index contributed by atoms with van der Waals surface area (Å²) in [6.45, 7) is 3.77. The van der Waals surface area contributed by atoms with Crippen LogP contribution in [0, 0.1) is 25.2 Å². The van der Waals surface area contributed by atoms with Crippen molar-refractivity contribution in [2.45, 2.75) is 23.8 Å². The van der Waals surface area contributed by atoms with Crippen molar-refractivity contribution in [2.75, 3.05) is 7.11 Å². The highest BCUT2D eigenvalue weighted by Crippen LogP contribution is 2.31. The van der Waals surface area contributed by atoms with Crippen molar-refractivity contribution in [3.05, 3.63) is 75.6 Å². The molecule has 6 heteroatoms. The van der Waals surface area contributed by atoms with Crippen molar-refractivity contribution in [2.24, 2.45) is 0 Å². The maximum Gasteiger partial charge on any atom is 0.289 e. The monoisotopic (exact) mass is 363 g/mol. The number of rotatable bonds is 4. The molecule has 130 valence electrons. The molecule has 0 fully saturated rings. The zero-order chi connectivity index (χ0) is 18.7. The highest BCUT2D eigenvalue weighted by molar-refractivity contribution is 7.99. The Morgan fingerprint density at radius 1 is 1.12 bits per heavy atom. The smallest absolute Gasteiger partial charge is 0.289 e.